The van der Waals surface area contributed by atoms with Gasteiger partial charge in [0.25, 0.3) is 0 Å². The number of carbonyl (C=O) groups is 1. The van der Waals surface area contributed by atoms with Crippen molar-refractivity contribution in [3.05, 3.63) is 40.1 Å². The predicted octanol–water partition coefficient (Wildman–Crippen LogP) is 4.23. The molecule has 0 aliphatic rings. The lowest BCUT2D eigenvalue weighted by Crippen LogP contribution is -1.96. The number of nitrogens with zero attached hydrogens (tertiary/aromatic N) is 1. The van der Waals surface area contributed by atoms with Crippen molar-refractivity contribution >= 4 is 44.9 Å². The number of rotatable bonds is 3. The van der Waals surface area contributed by atoms with E-state index in [1.165, 1.54) is 0 Å². The fourth-order valence-electron chi connectivity index (χ4n) is 1.30. The highest BCUT2D eigenvalue weighted by Gasteiger charge is 2.14. The monoisotopic (exact) mass is 333 g/mol. The van der Waals surface area contributed by atoms with Crippen LogP contribution in [0.3, 0.4) is 0 Å². The van der Waals surface area contributed by atoms with Crippen LogP contribution in [-0.2, 0) is 0 Å². The van der Waals surface area contributed by atoms with Crippen LogP contribution in [-0.4, -0.2) is 16.3 Å². The molecular formula is C11H6BrCl2NO2. The highest BCUT2D eigenvalue weighted by molar-refractivity contribution is 9.09. The summed E-state index contributed by atoms with van der Waals surface area (Å²) in [6.07, 6.45) is 0. The van der Waals surface area contributed by atoms with E-state index in [0.29, 0.717) is 21.3 Å². The van der Waals surface area contributed by atoms with Crippen molar-refractivity contribution < 1.29 is 9.32 Å². The summed E-state index contributed by atoms with van der Waals surface area (Å²) in [5.41, 5.74) is 1.18. The molecule has 0 atom stereocenters. The Morgan fingerprint density at radius 1 is 1.35 bits per heavy atom. The molecule has 0 fully saturated rings. The molecule has 0 amide bonds. The Hall–Kier alpha value is -0.840. The summed E-state index contributed by atoms with van der Waals surface area (Å²) in [5.74, 6) is 0.0247. The molecule has 6 heteroatoms. The Kier molecular flexibility index (Phi) is 3.86. The number of halogens is 3. The minimum absolute atomic E-state index is 0.172. The van der Waals surface area contributed by atoms with Gasteiger partial charge in [0.1, 0.15) is 5.69 Å². The van der Waals surface area contributed by atoms with Crippen LogP contribution in [0.2, 0.25) is 10.0 Å². The van der Waals surface area contributed by atoms with E-state index in [4.69, 9.17) is 27.7 Å². The smallest absolute Gasteiger partial charge is 0.211 e. The van der Waals surface area contributed by atoms with Gasteiger partial charge in [0.15, 0.2) is 0 Å². The number of benzene rings is 1. The topological polar surface area (TPSA) is 43.1 Å². The molecule has 0 radical (unpaired) electrons. The standard InChI is InChI=1S/C11H6BrCl2NO2/c12-5-10(16)11-4-9(15-17-11)7-2-1-6(13)3-8(7)14/h1-4H,5H2. The van der Waals surface area contributed by atoms with Crippen LogP contribution in [0.5, 0.6) is 0 Å². The van der Waals surface area contributed by atoms with E-state index in [0.717, 1.165) is 0 Å². The van der Waals surface area contributed by atoms with Crippen LogP contribution in [0.25, 0.3) is 11.3 Å². The molecule has 2 rings (SSSR count). The summed E-state index contributed by atoms with van der Waals surface area (Å²) in [6, 6.07) is 6.59. The van der Waals surface area contributed by atoms with Crippen LogP contribution in [0.4, 0.5) is 0 Å². The van der Waals surface area contributed by atoms with Crippen molar-refractivity contribution in [3.8, 4) is 11.3 Å². The molecule has 1 aromatic carbocycles. The third kappa shape index (κ3) is 2.70. The molecule has 2 aromatic rings. The number of ketones is 1. The number of hydrogen-bond donors (Lipinski definition) is 0. The first kappa shape index (κ1) is 12.6. The van der Waals surface area contributed by atoms with E-state index < -0.39 is 0 Å². The predicted molar refractivity (Wildman–Crippen MR) is 70.1 cm³/mol. The molecule has 0 saturated carbocycles. The molecule has 0 spiro atoms. The third-order valence-corrected chi connectivity index (χ3v) is 3.17. The Bertz CT molecular complexity index is 568. The summed E-state index contributed by atoms with van der Waals surface area (Å²) >= 11 is 14.9. The van der Waals surface area contributed by atoms with E-state index in [9.17, 15) is 4.79 Å². The van der Waals surface area contributed by atoms with Crippen molar-refractivity contribution in [2.75, 3.05) is 5.33 Å². The quantitative estimate of drug-likeness (QED) is 0.623. The Balaban J connectivity index is 2.40. The van der Waals surface area contributed by atoms with E-state index in [1.807, 2.05) is 0 Å². The molecule has 0 N–H and O–H groups in total. The third-order valence-electron chi connectivity index (χ3n) is 2.11. The number of Topliss-reactive ketones (excluding diaryl/α,β-unsaturated/α-hetero) is 1. The van der Waals surface area contributed by atoms with Crippen molar-refractivity contribution in [1.29, 1.82) is 0 Å². The first-order valence-electron chi connectivity index (χ1n) is 4.63. The average molecular weight is 335 g/mol. The minimum Gasteiger partial charge on any atom is -0.352 e. The second-order valence-electron chi connectivity index (χ2n) is 3.26. The molecule has 17 heavy (non-hydrogen) atoms. The molecule has 3 nitrogen and oxygen atoms in total. The zero-order chi connectivity index (χ0) is 12.4. The Labute approximate surface area is 116 Å². The lowest BCUT2D eigenvalue weighted by Gasteiger charge is -1.99. The zero-order valence-electron chi connectivity index (χ0n) is 8.41. The molecule has 0 saturated heterocycles. The van der Waals surface area contributed by atoms with Gasteiger partial charge in [-0.25, -0.2) is 0 Å². The lowest BCUT2D eigenvalue weighted by atomic mass is 10.1. The van der Waals surface area contributed by atoms with Crippen LogP contribution in [0.15, 0.2) is 28.8 Å². The van der Waals surface area contributed by atoms with Crippen molar-refractivity contribution in [2.24, 2.45) is 0 Å². The van der Waals surface area contributed by atoms with Gasteiger partial charge < -0.3 is 4.52 Å². The van der Waals surface area contributed by atoms with Gasteiger partial charge in [0, 0.05) is 16.7 Å². The maximum Gasteiger partial charge on any atom is 0.211 e. The van der Waals surface area contributed by atoms with E-state index in [1.54, 1.807) is 24.3 Å². The van der Waals surface area contributed by atoms with E-state index >= 15 is 0 Å². The lowest BCUT2D eigenvalue weighted by molar-refractivity contribution is 0.0985. The van der Waals surface area contributed by atoms with Gasteiger partial charge in [-0.05, 0) is 18.2 Å². The molecule has 1 aromatic heterocycles. The van der Waals surface area contributed by atoms with Gasteiger partial charge in [-0.2, -0.15) is 0 Å². The first-order valence-corrected chi connectivity index (χ1v) is 6.51. The van der Waals surface area contributed by atoms with Gasteiger partial charge in [-0.15, -0.1) is 0 Å². The number of aromatic nitrogens is 1. The largest absolute Gasteiger partial charge is 0.352 e. The summed E-state index contributed by atoms with van der Waals surface area (Å²) in [7, 11) is 0. The summed E-state index contributed by atoms with van der Waals surface area (Å²) in [5, 5.41) is 4.99. The molecule has 0 aliphatic carbocycles. The molecule has 88 valence electrons. The maximum atomic E-state index is 11.4. The Morgan fingerprint density at radius 3 is 2.76 bits per heavy atom. The fraction of sp³-hybridized carbons (Fsp3) is 0.0909. The summed E-state index contributed by atoms with van der Waals surface area (Å²) < 4.78 is 4.94. The number of alkyl halides is 1. The van der Waals surface area contributed by atoms with Gasteiger partial charge in [-0.3, -0.25) is 4.79 Å². The van der Waals surface area contributed by atoms with Gasteiger partial charge in [0.05, 0.1) is 10.4 Å². The van der Waals surface area contributed by atoms with Crippen molar-refractivity contribution in [2.45, 2.75) is 0 Å². The first-order chi connectivity index (χ1) is 8.11. The van der Waals surface area contributed by atoms with Crippen LogP contribution >= 0.6 is 39.1 Å². The number of hydrogen-bond acceptors (Lipinski definition) is 3. The fourth-order valence-corrected chi connectivity index (χ4v) is 2.08. The second-order valence-corrected chi connectivity index (χ2v) is 4.66. The minimum atomic E-state index is -0.172. The average Bonchev–Trinajstić information content (AvgIpc) is 2.77. The highest BCUT2D eigenvalue weighted by Crippen LogP contribution is 2.29. The van der Waals surface area contributed by atoms with E-state index in [2.05, 4.69) is 21.1 Å². The molecule has 0 unspecified atom stereocenters. The normalized spacial score (nSPS) is 10.5. The second kappa shape index (κ2) is 5.21. The van der Waals surface area contributed by atoms with Crippen molar-refractivity contribution in [1.82, 2.24) is 5.16 Å². The van der Waals surface area contributed by atoms with Crippen LogP contribution in [0.1, 0.15) is 10.6 Å². The molecule has 0 bridgehead atoms. The summed E-state index contributed by atoms with van der Waals surface area (Å²) in [4.78, 5) is 11.4. The SMILES string of the molecule is O=C(CBr)c1cc(-c2ccc(Cl)cc2Cl)no1. The van der Waals surface area contributed by atoms with Crippen LogP contribution < -0.4 is 0 Å². The van der Waals surface area contributed by atoms with Gasteiger partial charge >= 0.3 is 0 Å². The summed E-state index contributed by atoms with van der Waals surface area (Å²) in [6.45, 7) is 0. The van der Waals surface area contributed by atoms with Crippen LogP contribution in [0, 0.1) is 0 Å². The van der Waals surface area contributed by atoms with Gasteiger partial charge in [-0.1, -0.05) is 44.3 Å². The zero-order valence-corrected chi connectivity index (χ0v) is 11.5. The van der Waals surface area contributed by atoms with Gasteiger partial charge in [0.2, 0.25) is 11.5 Å². The highest BCUT2D eigenvalue weighted by atomic mass is 79.9. The van der Waals surface area contributed by atoms with Crippen molar-refractivity contribution in [3.63, 3.8) is 0 Å². The number of carbonyl (C=O) groups excluding carboxylic acids is 1. The Morgan fingerprint density at radius 2 is 2.12 bits per heavy atom. The molecule has 1 heterocycles. The maximum absolute atomic E-state index is 11.4. The molecular weight excluding hydrogens is 329 g/mol. The molecule has 0 aliphatic heterocycles. The van der Waals surface area contributed by atoms with E-state index in [-0.39, 0.29) is 16.9 Å².